The first-order valence-electron chi connectivity index (χ1n) is 7.84. The van der Waals surface area contributed by atoms with E-state index < -0.39 is 20.7 Å². The summed E-state index contributed by atoms with van der Waals surface area (Å²) in [6.07, 6.45) is 0. The van der Waals surface area contributed by atoms with Crippen LogP contribution in [0.3, 0.4) is 0 Å². The molecule has 0 fully saturated rings. The summed E-state index contributed by atoms with van der Waals surface area (Å²) in [4.78, 5) is 22.4. The number of hydrogen-bond acceptors (Lipinski definition) is 5. The van der Waals surface area contributed by atoms with Gasteiger partial charge in [0.15, 0.2) is 0 Å². The van der Waals surface area contributed by atoms with Crippen LogP contribution in [0.2, 0.25) is 0 Å². The topological polar surface area (TPSA) is 106 Å². The summed E-state index contributed by atoms with van der Waals surface area (Å²) in [7, 11) is -4.03. The standard InChI is InChI=1S/C19H14N2O5S/c22-19(20-14-6-2-1-3-7-14)17-8-4-5-9-18(17)27(25,26)16-12-10-15(11-13-16)21(23)24/h1-13H,(H,20,22). The minimum absolute atomic E-state index is 0.0142. The van der Waals surface area contributed by atoms with Gasteiger partial charge in [-0.25, -0.2) is 8.42 Å². The van der Waals surface area contributed by atoms with E-state index in [9.17, 15) is 23.3 Å². The predicted octanol–water partition coefficient (Wildman–Crippen LogP) is 3.68. The Kier molecular flexibility index (Phi) is 5.00. The zero-order valence-electron chi connectivity index (χ0n) is 13.9. The van der Waals surface area contributed by atoms with Crippen molar-refractivity contribution in [2.75, 3.05) is 5.32 Å². The Bertz CT molecular complexity index is 1090. The molecule has 0 aliphatic heterocycles. The number of non-ortho nitro benzene ring substituents is 1. The minimum Gasteiger partial charge on any atom is -0.322 e. The minimum atomic E-state index is -4.03. The molecule has 7 nitrogen and oxygen atoms in total. The number of rotatable bonds is 5. The van der Waals surface area contributed by atoms with Gasteiger partial charge < -0.3 is 5.32 Å². The zero-order valence-corrected chi connectivity index (χ0v) is 14.7. The average Bonchev–Trinajstić information content (AvgIpc) is 2.69. The molecular formula is C19H14N2O5S. The second kappa shape index (κ2) is 7.38. The molecule has 0 bridgehead atoms. The van der Waals surface area contributed by atoms with Crippen LogP contribution in [0.15, 0.2) is 88.7 Å². The van der Waals surface area contributed by atoms with Gasteiger partial charge in [0.05, 0.1) is 20.3 Å². The van der Waals surface area contributed by atoms with Crippen LogP contribution in [0, 0.1) is 10.1 Å². The molecule has 0 aliphatic carbocycles. The van der Waals surface area contributed by atoms with Gasteiger partial charge in [-0.3, -0.25) is 14.9 Å². The molecule has 0 unspecified atom stereocenters. The lowest BCUT2D eigenvalue weighted by molar-refractivity contribution is -0.384. The molecule has 1 amide bonds. The molecule has 3 rings (SSSR count). The van der Waals surface area contributed by atoms with Crippen molar-refractivity contribution in [3.8, 4) is 0 Å². The van der Waals surface area contributed by atoms with Gasteiger partial charge in [0.25, 0.3) is 11.6 Å². The van der Waals surface area contributed by atoms with Gasteiger partial charge in [0, 0.05) is 17.8 Å². The van der Waals surface area contributed by atoms with Crippen molar-refractivity contribution < 1.29 is 18.1 Å². The molecule has 0 spiro atoms. The number of anilines is 1. The van der Waals surface area contributed by atoms with Crippen LogP contribution in [-0.4, -0.2) is 19.2 Å². The van der Waals surface area contributed by atoms with E-state index in [-0.39, 0.29) is 21.0 Å². The third-order valence-electron chi connectivity index (χ3n) is 3.81. The summed E-state index contributed by atoms with van der Waals surface area (Å²) < 4.78 is 25.9. The summed E-state index contributed by atoms with van der Waals surface area (Å²) in [6, 6.07) is 19.0. The van der Waals surface area contributed by atoms with E-state index in [1.165, 1.54) is 18.2 Å². The zero-order chi connectivity index (χ0) is 19.4. The number of nitrogens with zero attached hydrogens (tertiary/aromatic N) is 1. The first-order chi connectivity index (χ1) is 12.9. The number of nitro benzene ring substituents is 1. The molecule has 0 aliphatic rings. The van der Waals surface area contributed by atoms with Gasteiger partial charge in [-0.1, -0.05) is 30.3 Å². The maximum atomic E-state index is 12.9. The highest BCUT2D eigenvalue weighted by Gasteiger charge is 2.24. The van der Waals surface area contributed by atoms with E-state index in [1.807, 2.05) is 0 Å². The van der Waals surface area contributed by atoms with Crippen molar-refractivity contribution in [3.05, 3.63) is 94.5 Å². The fourth-order valence-electron chi connectivity index (χ4n) is 2.48. The quantitative estimate of drug-likeness (QED) is 0.535. The monoisotopic (exact) mass is 382 g/mol. The molecule has 3 aromatic carbocycles. The second-order valence-corrected chi connectivity index (χ2v) is 7.49. The van der Waals surface area contributed by atoms with Crippen molar-refractivity contribution in [3.63, 3.8) is 0 Å². The molecule has 136 valence electrons. The fourth-order valence-corrected chi connectivity index (χ4v) is 3.94. The van der Waals surface area contributed by atoms with Crippen LogP contribution in [0.25, 0.3) is 0 Å². The third kappa shape index (κ3) is 3.85. The Labute approximate surface area is 155 Å². The highest BCUT2D eigenvalue weighted by Crippen LogP contribution is 2.26. The van der Waals surface area contributed by atoms with Crippen molar-refractivity contribution in [1.82, 2.24) is 0 Å². The molecule has 0 saturated carbocycles. The van der Waals surface area contributed by atoms with E-state index >= 15 is 0 Å². The van der Waals surface area contributed by atoms with Crippen LogP contribution in [0.4, 0.5) is 11.4 Å². The van der Waals surface area contributed by atoms with Crippen LogP contribution in [-0.2, 0) is 9.84 Å². The normalized spacial score (nSPS) is 11.0. The van der Waals surface area contributed by atoms with E-state index in [4.69, 9.17) is 0 Å². The van der Waals surface area contributed by atoms with Crippen LogP contribution >= 0.6 is 0 Å². The predicted molar refractivity (Wildman–Crippen MR) is 99.4 cm³/mol. The van der Waals surface area contributed by atoms with Gasteiger partial charge in [-0.15, -0.1) is 0 Å². The van der Waals surface area contributed by atoms with E-state index in [2.05, 4.69) is 5.32 Å². The Balaban J connectivity index is 1.99. The largest absolute Gasteiger partial charge is 0.322 e. The third-order valence-corrected chi connectivity index (χ3v) is 5.64. The van der Waals surface area contributed by atoms with Gasteiger partial charge in [0.2, 0.25) is 9.84 Å². The fraction of sp³-hybridized carbons (Fsp3) is 0. The number of carbonyl (C=O) groups is 1. The number of sulfone groups is 1. The Hall–Kier alpha value is -3.52. The SMILES string of the molecule is O=C(Nc1ccccc1)c1ccccc1S(=O)(=O)c1ccc([N+](=O)[O-])cc1. The molecule has 1 N–H and O–H groups in total. The molecule has 0 saturated heterocycles. The molecular weight excluding hydrogens is 368 g/mol. The van der Waals surface area contributed by atoms with Crippen LogP contribution < -0.4 is 5.32 Å². The van der Waals surface area contributed by atoms with Gasteiger partial charge in [0.1, 0.15) is 0 Å². The number of hydrogen-bond donors (Lipinski definition) is 1. The van der Waals surface area contributed by atoms with Crippen molar-refractivity contribution in [1.29, 1.82) is 0 Å². The van der Waals surface area contributed by atoms with Gasteiger partial charge >= 0.3 is 0 Å². The van der Waals surface area contributed by atoms with Crippen LogP contribution in [0.5, 0.6) is 0 Å². The van der Waals surface area contributed by atoms with Gasteiger partial charge in [-0.2, -0.15) is 0 Å². The van der Waals surface area contributed by atoms with E-state index in [0.717, 1.165) is 24.3 Å². The first kappa shape index (κ1) is 18.3. The Morgan fingerprint density at radius 2 is 1.44 bits per heavy atom. The number of nitrogens with one attached hydrogen (secondary N) is 1. The maximum Gasteiger partial charge on any atom is 0.269 e. The molecule has 3 aromatic rings. The summed E-state index contributed by atoms with van der Waals surface area (Å²) >= 11 is 0. The lowest BCUT2D eigenvalue weighted by atomic mass is 10.2. The van der Waals surface area contributed by atoms with Crippen molar-refractivity contribution in [2.45, 2.75) is 9.79 Å². The smallest absolute Gasteiger partial charge is 0.269 e. The van der Waals surface area contributed by atoms with E-state index in [1.54, 1.807) is 36.4 Å². The summed E-state index contributed by atoms with van der Waals surface area (Å²) in [6.45, 7) is 0. The highest BCUT2D eigenvalue weighted by atomic mass is 32.2. The van der Waals surface area contributed by atoms with Crippen LogP contribution in [0.1, 0.15) is 10.4 Å². The molecule has 0 aromatic heterocycles. The maximum absolute atomic E-state index is 12.9. The summed E-state index contributed by atoms with van der Waals surface area (Å²) in [5.41, 5.74) is 0.300. The Morgan fingerprint density at radius 1 is 0.852 bits per heavy atom. The Morgan fingerprint density at radius 3 is 2.07 bits per heavy atom. The molecule has 27 heavy (non-hydrogen) atoms. The average molecular weight is 382 g/mol. The lowest BCUT2D eigenvalue weighted by Crippen LogP contribution is -2.16. The summed E-state index contributed by atoms with van der Waals surface area (Å²) in [5, 5.41) is 13.4. The number of benzene rings is 3. The molecule has 0 radical (unpaired) electrons. The number of para-hydroxylation sites is 1. The second-order valence-electron chi connectivity index (χ2n) is 5.57. The number of carbonyl (C=O) groups excluding carboxylic acids is 1. The highest BCUT2D eigenvalue weighted by molar-refractivity contribution is 7.91. The number of amides is 1. The first-order valence-corrected chi connectivity index (χ1v) is 9.33. The van der Waals surface area contributed by atoms with Crippen molar-refractivity contribution in [2.24, 2.45) is 0 Å². The number of nitro groups is 1. The molecule has 0 atom stereocenters. The van der Waals surface area contributed by atoms with E-state index in [0.29, 0.717) is 5.69 Å². The lowest BCUT2D eigenvalue weighted by Gasteiger charge is -2.11. The molecule has 0 heterocycles. The molecule has 8 heteroatoms. The van der Waals surface area contributed by atoms with Crippen molar-refractivity contribution >= 4 is 27.1 Å². The van der Waals surface area contributed by atoms with Gasteiger partial charge in [-0.05, 0) is 36.4 Å². The summed E-state index contributed by atoms with van der Waals surface area (Å²) in [5.74, 6) is -0.567.